The number of pyridine rings is 1. The van der Waals surface area contributed by atoms with Gasteiger partial charge in [-0.1, -0.05) is 11.6 Å². The summed E-state index contributed by atoms with van der Waals surface area (Å²) in [6, 6.07) is 7.94. The van der Waals surface area contributed by atoms with E-state index in [4.69, 9.17) is 21.6 Å². The van der Waals surface area contributed by atoms with Gasteiger partial charge in [-0.25, -0.2) is 9.37 Å². The first-order chi connectivity index (χ1) is 10.2. The van der Waals surface area contributed by atoms with Crippen LogP contribution >= 0.6 is 11.6 Å². The van der Waals surface area contributed by atoms with Crippen molar-refractivity contribution in [3.05, 3.63) is 46.9 Å². The molecule has 0 radical (unpaired) electrons. The van der Waals surface area contributed by atoms with Crippen LogP contribution in [-0.2, 0) is 0 Å². The van der Waals surface area contributed by atoms with Crippen molar-refractivity contribution in [2.75, 3.05) is 5.32 Å². The molecule has 0 amide bonds. The number of halogens is 2. The molecule has 1 saturated carbocycles. The minimum atomic E-state index is -0.485. The maximum atomic E-state index is 13.1. The lowest BCUT2D eigenvalue weighted by atomic mass is 10.2. The number of hydrogen-bond acceptors (Lipinski definition) is 4. The van der Waals surface area contributed by atoms with Gasteiger partial charge >= 0.3 is 0 Å². The number of anilines is 2. The smallest absolute Gasteiger partial charge is 0.155 e. The van der Waals surface area contributed by atoms with E-state index in [2.05, 4.69) is 16.4 Å². The average Bonchev–Trinajstić information content (AvgIpc) is 3.28. The van der Waals surface area contributed by atoms with E-state index in [-0.39, 0.29) is 11.1 Å². The monoisotopic (exact) mass is 303 g/mol. The van der Waals surface area contributed by atoms with Crippen LogP contribution in [0.3, 0.4) is 0 Å². The highest BCUT2D eigenvalue weighted by atomic mass is 35.5. The van der Waals surface area contributed by atoms with Gasteiger partial charge in [-0.3, -0.25) is 0 Å². The van der Waals surface area contributed by atoms with Crippen LogP contribution < -0.4 is 10.1 Å². The molecule has 0 unspecified atom stereocenters. The van der Waals surface area contributed by atoms with Gasteiger partial charge < -0.3 is 10.1 Å². The molecule has 1 aliphatic rings. The number of aromatic nitrogens is 1. The molecule has 4 nitrogen and oxygen atoms in total. The van der Waals surface area contributed by atoms with Gasteiger partial charge in [0.15, 0.2) is 5.75 Å². The second-order valence-corrected chi connectivity index (χ2v) is 5.16. The Hall–Kier alpha value is -2.32. The number of ether oxygens (including phenoxy) is 1. The van der Waals surface area contributed by atoms with Gasteiger partial charge in [-0.05, 0) is 31.0 Å². The minimum Gasteiger partial charge on any atom is -0.487 e. The molecular formula is C15H11ClFN3O. The molecular weight excluding hydrogens is 293 g/mol. The van der Waals surface area contributed by atoms with Crippen molar-refractivity contribution in [3.8, 4) is 11.8 Å². The van der Waals surface area contributed by atoms with Crippen molar-refractivity contribution in [3.63, 3.8) is 0 Å². The van der Waals surface area contributed by atoms with Gasteiger partial charge in [0.25, 0.3) is 0 Å². The van der Waals surface area contributed by atoms with E-state index in [9.17, 15) is 4.39 Å². The number of rotatable bonds is 4. The van der Waals surface area contributed by atoms with Gasteiger partial charge in [0.1, 0.15) is 17.7 Å². The Labute approximate surface area is 126 Å². The van der Waals surface area contributed by atoms with Crippen LogP contribution in [0, 0.1) is 17.1 Å². The Balaban J connectivity index is 1.81. The summed E-state index contributed by atoms with van der Waals surface area (Å²) in [5.74, 6) is 0.473. The summed E-state index contributed by atoms with van der Waals surface area (Å²) >= 11 is 5.72. The topological polar surface area (TPSA) is 57.9 Å². The van der Waals surface area contributed by atoms with Crippen molar-refractivity contribution in [1.29, 1.82) is 5.26 Å². The molecule has 1 aromatic heterocycles. The molecule has 0 saturated heterocycles. The molecule has 0 atom stereocenters. The number of nitriles is 1. The van der Waals surface area contributed by atoms with E-state index in [0.717, 1.165) is 12.8 Å². The molecule has 2 aromatic rings. The fourth-order valence-electron chi connectivity index (χ4n) is 1.78. The summed E-state index contributed by atoms with van der Waals surface area (Å²) in [6.07, 6.45) is 3.75. The maximum absolute atomic E-state index is 13.1. The zero-order valence-corrected chi connectivity index (χ0v) is 11.7. The Kier molecular flexibility index (Phi) is 3.63. The number of hydrogen-bond donors (Lipinski definition) is 1. The Bertz CT molecular complexity index is 725. The van der Waals surface area contributed by atoms with Crippen LogP contribution in [0.4, 0.5) is 15.9 Å². The highest BCUT2D eigenvalue weighted by Gasteiger charge is 2.24. The fraction of sp³-hybridized carbons (Fsp3) is 0.200. The average molecular weight is 304 g/mol. The first-order valence-electron chi connectivity index (χ1n) is 6.44. The van der Waals surface area contributed by atoms with Crippen LogP contribution in [-0.4, -0.2) is 11.1 Å². The van der Waals surface area contributed by atoms with E-state index >= 15 is 0 Å². The van der Waals surface area contributed by atoms with E-state index in [1.54, 1.807) is 12.1 Å². The van der Waals surface area contributed by atoms with Crippen LogP contribution in [0.1, 0.15) is 18.4 Å². The number of benzene rings is 1. The normalized spacial score (nSPS) is 13.6. The number of nitrogens with one attached hydrogen (secondary N) is 1. The summed E-state index contributed by atoms with van der Waals surface area (Å²) < 4.78 is 18.7. The zero-order chi connectivity index (χ0) is 14.8. The molecule has 3 rings (SSSR count). The SMILES string of the molecule is N#Cc1cc(Nc2ccc(F)c(Cl)c2)ncc1OC1CC1. The minimum absolute atomic E-state index is 0.0224. The Morgan fingerprint density at radius 2 is 2.19 bits per heavy atom. The first kappa shape index (κ1) is 13.7. The molecule has 6 heteroatoms. The predicted octanol–water partition coefficient (Wildman–Crippen LogP) is 4.03. The summed E-state index contributed by atoms with van der Waals surface area (Å²) in [6.45, 7) is 0. The summed E-state index contributed by atoms with van der Waals surface area (Å²) in [4.78, 5) is 4.19. The van der Waals surface area contributed by atoms with Crippen LogP contribution in [0.25, 0.3) is 0 Å². The Morgan fingerprint density at radius 1 is 1.38 bits per heavy atom. The van der Waals surface area contributed by atoms with Crippen LogP contribution in [0.15, 0.2) is 30.5 Å². The van der Waals surface area contributed by atoms with E-state index in [0.29, 0.717) is 22.8 Å². The zero-order valence-electron chi connectivity index (χ0n) is 10.9. The molecule has 1 heterocycles. The molecule has 1 aliphatic carbocycles. The summed E-state index contributed by atoms with van der Waals surface area (Å²) in [5.41, 5.74) is 1.00. The van der Waals surface area contributed by atoms with Gasteiger partial charge in [0, 0.05) is 11.8 Å². The maximum Gasteiger partial charge on any atom is 0.155 e. The third-order valence-electron chi connectivity index (χ3n) is 3.00. The van der Waals surface area contributed by atoms with Crippen molar-refractivity contribution in [2.45, 2.75) is 18.9 Å². The fourth-order valence-corrected chi connectivity index (χ4v) is 1.96. The van der Waals surface area contributed by atoms with E-state index in [1.165, 1.54) is 18.3 Å². The molecule has 106 valence electrons. The van der Waals surface area contributed by atoms with Gasteiger partial charge in [-0.15, -0.1) is 0 Å². The summed E-state index contributed by atoms with van der Waals surface area (Å²) in [5, 5.41) is 12.2. The lowest BCUT2D eigenvalue weighted by Crippen LogP contribution is -2.01. The van der Waals surface area contributed by atoms with Gasteiger partial charge in [-0.2, -0.15) is 5.26 Å². The lowest BCUT2D eigenvalue weighted by Gasteiger charge is -2.09. The second-order valence-electron chi connectivity index (χ2n) is 4.75. The van der Waals surface area contributed by atoms with E-state index < -0.39 is 5.82 Å². The molecule has 21 heavy (non-hydrogen) atoms. The van der Waals surface area contributed by atoms with Crippen molar-refractivity contribution in [2.24, 2.45) is 0 Å². The molecule has 0 bridgehead atoms. The quantitative estimate of drug-likeness (QED) is 0.926. The van der Waals surface area contributed by atoms with Gasteiger partial charge in [0.2, 0.25) is 0 Å². The molecule has 1 N–H and O–H groups in total. The van der Waals surface area contributed by atoms with Crippen molar-refractivity contribution in [1.82, 2.24) is 4.98 Å². The molecule has 1 fully saturated rings. The molecule has 1 aromatic carbocycles. The molecule has 0 aliphatic heterocycles. The standard InChI is InChI=1S/C15H11ClFN3O/c16-12-6-10(1-4-13(12)17)20-15-5-9(7-18)14(8-19-15)21-11-2-3-11/h1,4-6,8,11H,2-3H2,(H,19,20). The lowest BCUT2D eigenvalue weighted by molar-refractivity contribution is 0.301. The number of nitrogens with zero attached hydrogens (tertiary/aromatic N) is 2. The van der Waals surface area contributed by atoms with Crippen molar-refractivity contribution < 1.29 is 9.13 Å². The second kappa shape index (κ2) is 5.58. The van der Waals surface area contributed by atoms with Crippen LogP contribution in [0.5, 0.6) is 5.75 Å². The predicted molar refractivity (Wildman–Crippen MR) is 77.3 cm³/mol. The van der Waals surface area contributed by atoms with Crippen LogP contribution in [0.2, 0.25) is 5.02 Å². The van der Waals surface area contributed by atoms with Crippen molar-refractivity contribution >= 4 is 23.1 Å². The Morgan fingerprint density at radius 3 is 2.86 bits per heavy atom. The third kappa shape index (κ3) is 3.23. The van der Waals surface area contributed by atoms with E-state index in [1.807, 2.05) is 0 Å². The van der Waals surface area contributed by atoms with Gasteiger partial charge in [0.05, 0.1) is 22.9 Å². The first-order valence-corrected chi connectivity index (χ1v) is 6.82. The summed E-state index contributed by atoms with van der Waals surface area (Å²) in [7, 11) is 0. The highest BCUT2D eigenvalue weighted by Crippen LogP contribution is 2.30. The molecule has 0 spiro atoms. The third-order valence-corrected chi connectivity index (χ3v) is 3.29. The highest BCUT2D eigenvalue weighted by molar-refractivity contribution is 6.31. The largest absolute Gasteiger partial charge is 0.487 e.